The van der Waals surface area contributed by atoms with E-state index >= 15 is 0 Å². The molecule has 0 saturated carbocycles. The van der Waals surface area contributed by atoms with E-state index in [-0.39, 0.29) is 5.41 Å². The van der Waals surface area contributed by atoms with Crippen molar-refractivity contribution in [2.24, 2.45) is 5.41 Å². The lowest BCUT2D eigenvalue weighted by molar-refractivity contribution is -0.193. The third-order valence-corrected chi connectivity index (χ3v) is 5.11. The molecular formula is C20H26F6N2O6. The highest BCUT2D eigenvalue weighted by atomic mass is 19.4. The molecule has 0 aromatic carbocycles. The lowest BCUT2D eigenvalue weighted by Crippen LogP contribution is -2.56. The van der Waals surface area contributed by atoms with Crippen molar-refractivity contribution in [2.45, 2.75) is 44.3 Å². The van der Waals surface area contributed by atoms with Crippen LogP contribution >= 0.6 is 0 Å². The number of nitrogens with zero attached hydrogens (tertiary/aromatic N) is 2. The maximum Gasteiger partial charge on any atom is 0.490 e. The van der Waals surface area contributed by atoms with Crippen LogP contribution < -0.4 is 0 Å². The monoisotopic (exact) mass is 504 g/mol. The zero-order valence-electron chi connectivity index (χ0n) is 18.2. The Morgan fingerprint density at radius 3 is 2.26 bits per heavy atom. The number of carboxylic acids is 2. The van der Waals surface area contributed by atoms with Gasteiger partial charge in [0, 0.05) is 51.2 Å². The van der Waals surface area contributed by atoms with Crippen molar-refractivity contribution in [3.63, 3.8) is 0 Å². The molecule has 2 N–H and O–H groups in total. The second-order valence-corrected chi connectivity index (χ2v) is 7.72. The molecule has 0 bridgehead atoms. The summed E-state index contributed by atoms with van der Waals surface area (Å²) in [5.41, 5.74) is 1.48. The third-order valence-electron chi connectivity index (χ3n) is 5.11. The molecule has 0 spiro atoms. The van der Waals surface area contributed by atoms with Crippen molar-refractivity contribution in [2.75, 3.05) is 33.4 Å². The summed E-state index contributed by atoms with van der Waals surface area (Å²) in [5, 5.41) is 14.2. The van der Waals surface area contributed by atoms with Gasteiger partial charge in [-0.05, 0) is 30.9 Å². The molecule has 2 unspecified atom stereocenters. The maximum absolute atomic E-state index is 10.6. The molecule has 194 valence electrons. The SMILES string of the molecule is COCC12CCCOC1CCN(Cc1cccnc1)C2.O=C(O)C(F)(F)F.O=C(O)C(F)(F)F. The Hall–Kier alpha value is -2.45. The van der Waals surface area contributed by atoms with E-state index < -0.39 is 24.3 Å². The van der Waals surface area contributed by atoms with Gasteiger partial charge in [0.15, 0.2) is 0 Å². The van der Waals surface area contributed by atoms with Crippen LogP contribution in [-0.2, 0) is 25.6 Å². The van der Waals surface area contributed by atoms with E-state index in [1.54, 1.807) is 7.11 Å². The van der Waals surface area contributed by atoms with E-state index in [4.69, 9.17) is 29.3 Å². The third kappa shape index (κ3) is 9.81. The number of aliphatic carboxylic acids is 2. The minimum Gasteiger partial charge on any atom is -0.475 e. The van der Waals surface area contributed by atoms with Crippen molar-refractivity contribution >= 4 is 11.9 Å². The molecule has 3 heterocycles. The number of alkyl halides is 6. The van der Waals surface area contributed by atoms with Gasteiger partial charge in [-0.2, -0.15) is 26.3 Å². The number of likely N-dealkylation sites (tertiary alicyclic amines) is 1. The van der Waals surface area contributed by atoms with E-state index in [9.17, 15) is 26.3 Å². The minimum atomic E-state index is -5.08. The summed E-state index contributed by atoms with van der Waals surface area (Å²) in [5.74, 6) is -5.51. The number of piperidine rings is 1. The largest absolute Gasteiger partial charge is 0.490 e. The lowest BCUT2D eigenvalue weighted by atomic mass is 9.73. The minimum absolute atomic E-state index is 0.188. The Morgan fingerprint density at radius 2 is 1.79 bits per heavy atom. The van der Waals surface area contributed by atoms with Crippen LogP contribution in [0.1, 0.15) is 24.8 Å². The van der Waals surface area contributed by atoms with E-state index in [0.717, 1.165) is 45.7 Å². The predicted molar refractivity (Wildman–Crippen MR) is 105 cm³/mol. The number of hydrogen-bond acceptors (Lipinski definition) is 6. The molecule has 34 heavy (non-hydrogen) atoms. The van der Waals surface area contributed by atoms with Gasteiger partial charge >= 0.3 is 24.3 Å². The Morgan fingerprint density at radius 1 is 1.21 bits per heavy atom. The van der Waals surface area contributed by atoms with E-state index in [2.05, 4.69) is 16.0 Å². The first-order valence-electron chi connectivity index (χ1n) is 10.0. The van der Waals surface area contributed by atoms with Crippen LogP contribution in [0.5, 0.6) is 0 Å². The second kappa shape index (κ2) is 12.9. The lowest BCUT2D eigenvalue weighted by Gasteiger charge is -2.50. The molecule has 14 heteroatoms. The van der Waals surface area contributed by atoms with Gasteiger partial charge < -0.3 is 19.7 Å². The molecule has 8 nitrogen and oxygen atoms in total. The Balaban J connectivity index is 0.000000343. The molecule has 2 fully saturated rings. The van der Waals surface area contributed by atoms with Gasteiger partial charge in [-0.1, -0.05) is 6.07 Å². The van der Waals surface area contributed by atoms with Crippen LogP contribution in [0.2, 0.25) is 0 Å². The van der Waals surface area contributed by atoms with Crippen LogP contribution in [0, 0.1) is 5.41 Å². The smallest absolute Gasteiger partial charge is 0.475 e. The average Bonchev–Trinajstić information content (AvgIpc) is 2.74. The molecule has 3 rings (SSSR count). The number of aromatic nitrogens is 1. The van der Waals surface area contributed by atoms with Crippen LogP contribution in [0.15, 0.2) is 24.5 Å². The molecule has 2 atom stereocenters. The topological polar surface area (TPSA) is 109 Å². The van der Waals surface area contributed by atoms with Gasteiger partial charge in [-0.25, -0.2) is 9.59 Å². The molecule has 0 aliphatic carbocycles. The zero-order valence-corrected chi connectivity index (χ0v) is 18.2. The quantitative estimate of drug-likeness (QED) is 0.601. The van der Waals surface area contributed by atoms with Gasteiger partial charge in [0.05, 0.1) is 12.7 Å². The summed E-state index contributed by atoms with van der Waals surface area (Å²) in [6.07, 6.45) is -2.51. The number of pyridine rings is 1. The van der Waals surface area contributed by atoms with Gasteiger partial charge in [0.2, 0.25) is 0 Å². The van der Waals surface area contributed by atoms with Gasteiger partial charge in [-0.3, -0.25) is 9.88 Å². The van der Waals surface area contributed by atoms with Gasteiger partial charge in [-0.15, -0.1) is 0 Å². The molecular weight excluding hydrogens is 478 g/mol. The number of ether oxygens (including phenoxy) is 2. The normalized spacial score (nSPS) is 22.9. The molecule has 1 aromatic rings. The fourth-order valence-corrected chi connectivity index (χ4v) is 3.77. The van der Waals surface area contributed by atoms with Crippen molar-refractivity contribution in [1.82, 2.24) is 9.88 Å². The van der Waals surface area contributed by atoms with Crippen molar-refractivity contribution in [3.05, 3.63) is 30.1 Å². The zero-order chi connectivity index (χ0) is 26.0. The summed E-state index contributed by atoms with van der Waals surface area (Å²) in [4.78, 5) is 24.5. The van der Waals surface area contributed by atoms with Crippen molar-refractivity contribution in [1.29, 1.82) is 0 Å². The fraction of sp³-hybridized carbons (Fsp3) is 0.650. The molecule has 0 amide bonds. The van der Waals surface area contributed by atoms with Crippen molar-refractivity contribution in [3.8, 4) is 0 Å². The first-order valence-corrected chi connectivity index (χ1v) is 10.0. The Labute approximate surface area is 191 Å². The van der Waals surface area contributed by atoms with Crippen LogP contribution in [0.25, 0.3) is 0 Å². The van der Waals surface area contributed by atoms with Gasteiger partial charge in [0.1, 0.15) is 0 Å². The summed E-state index contributed by atoms with van der Waals surface area (Å²) < 4.78 is 75.0. The number of carbonyl (C=O) groups is 2. The van der Waals surface area contributed by atoms with Crippen LogP contribution in [-0.4, -0.2) is 83.9 Å². The summed E-state index contributed by atoms with van der Waals surface area (Å²) >= 11 is 0. The number of halogens is 6. The molecule has 0 radical (unpaired) electrons. The first-order chi connectivity index (χ1) is 15.7. The van der Waals surface area contributed by atoms with Crippen LogP contribution in [0.4, 0.5) is 26.3 Å². The number of methoxy groups -OCH3 is 1. The Kier molecular flexibility index (Phi) is 11.2. The highest BCUT2D eigenvalue weighted by molar-refractivity contribution is 5.73. The maximum atomic E-state index is 10.6. The average molecular weight is 504 g/mol. The summed E-state index contributed by atoms with van der Waals surface area (Å²) in [6, 6.07) is 4.16. The molecule has 1 aromatic heterocycles. The fourth-order valence-electron chi connectivity index (χ4n) is 3.77. The number of rotatable bonds is 4. The van der Waals surface area contributed by atoms with E-state index in [0.29, 0.717) is 6.10 Å². The molecule has 2 aliphatic heterocycles. The second-order valence-electron chi connectivity index (χ2n) is 7.72. The molecule has 2 aliphatic rings. The van der Waals surface area contributed by atoms with Crippen molar-refractivity contribution < 1.29 is 55.6 Å². The predicted octanol–water partition coefficient (Wildman–Crippen LogP) is 3.37. The standard InChI is InChI=1S/C16H24N2O2.2C2HF3O2/c1-19-13-16-6-3-9-20-15(16)5-8-18(12-16)11-14-4-2-7-17-10-14;2*3-2(4,5)1(6)7/h2,4,7,10,15H,3,5-6,8-9,11-13H2,1H3;2*(H,6,7). The number of fused-ring (bicyclic) bond motifs is 1. The number of carboxylic acid groups (broad SMARTS) is 2. The highest BCUT2D eigenvalue weighted by Gasteiger charge is 2.46. The summed E-state index contributed by atoms with van der Waals surface area (Å²) in [6.45, 7) is 4.87. The molecule has 2 saturated heterocycles. The van der Waals surface area contributed by atoms with E-state index in [1.165, 1.54) is 12.0 Å². The van der Waals surface area contributed by atoms with Crippen LogP contribution in [0.3, 0.4) is 0 Å². The number of hydrogen-bond donors (Lipinski definition) is 2. The van der Waals surface area contributed by atoms with Gasteiger partial charge in [0.25, 0.3) is 0 Å². The van der Waals surface area contributed by atoms with E-state index in [1.807, 2.05) is 18.5 Å². The first kappa shape index (κ1) is 29.6. The Bertz CT molecular complexity index is 749. The summed E-state index contributed by atoms with van der Waals surface area (Å²) in [7, 11) is 1.81. The highest BCUT2D eigenvalue weighted by Crippen LogP contribution is 2.40.